The molecule has 0 spiro atoms. The molecular formula is C10H18N4O3S. The largest absolute Gasteiger partial charge is 0.340 e. The molecule has 8 heteroatoms. The van der Waals surface area contributed by atoms with Crippen LogP contribution < -0.4 is 10.0 Å². The molecule has 0 saturated carbocycles. The highest BCUT2D eigenvalue weighted by Gasteiger charge is 2.26. The van der Waals surface area contributed by atoms with Gasteiger partial charge in [0.05, 0.1) is 5.25 Å². The van der Waals surface area contributed by atoms with E-state index in [-0.39, 0.29) is 5.25 Å². The van der Waals surface area contributed by atoms with Crippen LogP contribution in [0.15, 0.2) is 4.52 Å². The van der Waals surface area contributed by atoms with Crippen molar-refractivity contribution in [3.05, 3.63) is 11.7 Å². The highest BCUT2D eigenvalue weighted by molar-refractivity contribution is 7.90. The molecule has 0 bridgehead atoms. The Morgan fingerprint density at radius 2 is 2.39 bits per heavy atom. The Morgan fingerprint density at radius 1 is 1.56 bits per heavy atom. The van der Waals surface area contributed by atoms with Crippen LogP contribution in [-0.2, 0) is 16.4 Å². The normalized spacial score (nSPS) is 21.1. The van der Waals surface area contributed by atoms with Crippen LogP contribution >= 0.6 is 0 Å². The molecule has 2 rings (SSSR count). The summed E-state index contributed by atoms with van der Waals surface area (Å²) in [5.74, 6) is 1.02. The van der Waals surface area contributed by atoms with Crippen LogP contribution in [0, 0.1) is 6.92 Å². The van der Waals surface area contributed by atoms with Gasteiger partial charge in [-0.25, -0.2) is 13.1 Å². The molecular weight excluding hydrogens is 256 g/mol. The number of nitrogens with one attached hydrogen (secondary N) is 2. The summed E-state index contributed by atoms with van der Waals surface area (Å²) in [6.45, 7) is 3.43. The molecule has 1 aromatic rings. The summed E-state index contributed by atoms with van der Waals surface area (Å²) in [6, 6.07) is 0. The van der Waals surface area contributed by atoms with E-state index in [1.807, 2.05) is 0 Å². The third-order valence-corrected chi connectivity index (χ3v) is 4.80. The van der Waals surface area contributed by atoms with E-state index in [9.17, 15) is 8.42 Å². The summed E-state index contributed by atoms with van der Waals surface area (Å²) >= 11 is 0. The molecule has 1 aliphatic heterocycles. The van der Waals surface area contributed by atoms with E-state index in [0.717, 1.165) is 13.0 Å². The van der Waals surface area contributed by atoms with Gasteiger partial charge >= 0.3 is 0 Å². The predicted octanol–water partition coefficient (Wildman–Crippen LogP) is -0.408. The monoisotopic (exact) mass is 274 g/mol. The molecule has 18 heavy (non-hydrogen) atoms. The number of rotatable bonds is 5. The maximum atomic E-state index is 12.0. The van der Waals surface area contributed by atoms with Gasteiger partial charge in [0.1, 0.15) is 0 Å². The van der Waals surface area contributed by atoms with Crippen molar-refractivity contribution < 1.29 is 12.9 Å². The lowest BCUT2D eigenvalue weighted by atomic mass is 10.2. The van der Waals surface area contributed by atoms with Crippen molar-refractivity contribution in [2.45, 2.75) is 31.4 Å². The smallest absolute Gasteiger partial charge is 0.223 e. The summed E-state index contributed by atoms with van der Waals surface area (Å²) in [7, 11) is -3.25. The zero-order valence-electron chi connectivity index (χ0n) is 10.3. The van der Waals surface area contributed by atoms with E-state index < -0.39 is 10.0 Å². The summed E-state index contributed by atoms with van der Waals surface area (Å²) in [5, 5.41) is 6.47. The van der Waals surface area contributed by atoms with Crippen LogP contribution in [0.1, 0.15) is 24.6 Å². The van der Waals surface area contributed by atoms with E-state index in [4.69, 9.17) is 4.52 Å². The lowest BCUT2D eigenvalue weighted by molar-refractivity contribution is 0.387. The minimum absolute atomic E-state index is 0.303. The molecule has 1 fully saturated rings. The standard InChI is InChI=1S/C10H18N4O3S/c1-8-13-10(14-17-8)4-6-12-18(15,16)9-3-2-5-11-7-9/h9,11-12H,2-7H2,1H3. The van der Waals surface area contributed by atoms with Gasteiger partial charge in [0.25, 0.3) is 0 Å². The molecule has 2 N–H and O–H groups in total. The number of piperidine rings is 1. The fourth-order valence-electron chi connectivity index (χ4n) is 1.95. The number of hydrogen-bond donors (Lipinski definition) is 2. The second-order valence-electron chi connectivity index (χ2n) is 4.39. The molecule has 1 aromatic heterocycles. The second kappa shape index (κ2) is 5.77. The summed E-state index contributed by atoms with van der Waals surface area (Å²) < 4.78 is 31.3. The average molecular weight is 274 g/mol. The first kappa shape index (κ1) is 13.4. The van der Waals surface area contributed by atoms with Crippen LogP contribution in [-0.4, -0.2) is 43.4 Å². The number of aromatic nitrogens is 2. The summed E-state index contributed by atoms with van der Waals surface area (Å²) in [6.07, 6.45) is 2.05. The van der Waals surface area contributed by atoms with Gasteiger partial charge in [0.2, 0.25) is 15.9 Å². The maximum Gasteiger partial charge on any atom is 0.223 e. The molecule has 0 amide bonds. The molecule has 7 nitrogen and oxygen atoms in total. The molecule has 102 valence electrons. The first-order valence-corrected chi connectivity index (χ1v) is 7.61. The Hall–Kier alpha value is -0.990. The number of nitrogens with zero attached hydrogens (tertiary/aromatic N) is 2. The van der Waals surface area contributed by atoms with E-state index in [1.54, 1.807) is 6.92 Å². The van der Waals surface area contributed by atoms with Crippen LogP contribution in [0.25, 0.3) is 0 Å². The Balaban J connectivity index is 1.81. The summed E-state index contributed by atoms with van der Waals surface area (Å²) in [5.41, 5.74) is 0. The lowest BCUT2D eigenvalue weighted by Gasteiger charge is -2.22. The van der Waals surface area contributed by atoms with Crippen LogP contribution in [0.2, 0.25) is 0 Å². The van der Waals surface area contributed by atoms with Crippen molar-refractivity contribution >= 4 is 10.0 Å². The van der Waals surface area contributed by atoms with E-state index >= 15 is 0 Å². The van der Waals surface area contributed by atoms with Crippen molar-refractivity contribution in [1.82, 2.24) is 20.2 Å². The highest BCUT2D eigenvalue weighted by atomic mass is 32.2. The summed E-state index contributed by atoms with van der Waals surface area (Å²) in [4.78, 5) is 4.02. The molecule has 1 atom stereocenters. The van der Waals surface area contributed by atoms with Gasteiger partial charge < -0.3 is 9.84 Å². The molecule has 2 heterocycles. The fraction of sp³-hybridized carbons (Fsp3) is 0.800. The Labute approximate surface area is 106 Å². The molecule has 0 radical (unpaired) electrons. The van der Waals surface area contributed by atoms with Crippen molar-refractivity contribution in [1.29, 1.82) is 0 Å². The van der Waals surface area contributed by atoms with Gasteiger partial charge in [-0.2, -0.15) is 4.98 Å². The molecule has 0 aliphatic carbocycles. The third-order valence-electron chi connectivity index (χ3n) is 2.91. The van der Waals surface area contributed by atoms with Gasteiger partial charge in [-0.05, 0) is 19.4 Å². The minimum atomic E-state index is -3.25. The first-order valence-electron chi connectivity index (χ1n) is 6.06. The SMILES string of the molecule is Cc1nc(CCNS(=O)(=O)C2CCCNC2)no1. The van der Waals surface area contributed by atoms with E-state index in [0.29, 0.717) is 37.6 Å². The van der Waals surface area contributed by atoms with Crippen LogP contribution in [0.5, 0.6) is 0 Å². The maximum absolute atomic E-state index is 12.0. The second-order valence-corrected chi connectivity index (χ2v) is 6.43. The zero-order chi connectivity index (χ0) is 13.0. The zero-order valence-corrected chi connectivity index (χ0v) is 11.2. The Bertz CT molecular complexity index is 479. The van der Waals surface area contributed by atoms with Crippen molar-refractivity contribution in [2.24, 2.45) is 0 Å². The van der Waals surface area contributed by atoms with Crippen LogP contribution in [0.3, 0.4) is 0 Å². The van der Waals surface area contributed by atoms with Crippen molar-refractivity contribution in [3.8, 4) is 0 Å². The predicted molar refractivity (Wildman–Crippen MR) is 65.6 cm³/mol. The van der Waals surface area contributed by atoms with Gasteiger partial charge in [-0.3, -0.25) is 0 Å². The Kier molecular flexibility index (Phi) is 4.31. The first-order chi connectivity index (χ1) is 8.58. The molecule has 1 unspecified atom stereocenters. The van der Waals surface area contributed by atoms with Crippen LogP contribution in [0.4, 0.5) is 0 Å². The van der Waals surface area contributed by atoms with Gasteiger partial charge in [0, 0.05) is 26.4 Å². The average Bonchev–Trinajstić information content (AvgIpc) is 2.76. The topological polar surface area (TPSA) is 97.1 Å². The van der Waals surface area contributed by atoms with E-state index in [2.05, 4.69) is 20.2 Å². The van der Waals surface area contributed by atoms with Crippen molar-refractivity contribution in [2.75, 3.05) is 19.6 Å². The van der Waals surface area contributed by atoms with Gasteiger partial charge in [0.15, 0.2) is 5.82 Å². The van der Waals surface area contributed by atoms with Gasteiger partial charge in [-0.15, -0.1) is 0 Å². The third kappa shape index (κ3) is 3.50. The Morgan fingerprint density at radius 3 is 3.00 bits per heavy atom. The minimum Gasteiger partial charge on any atom is -0.340 e. The molecule has 0 aromatic carbocycles. The molecule has 1 aliphatic rings. The highest BCUT2D eigenvalue weighted by Crippen LogP contribution is 2.10. The number of sulfonamides is 1. The number of aryl methyl sites for hydroxylation is 1. The fourth-order valence-corrected chi connectivity index (χ4v) is 3.39. The van der Waals surface area contributed by atoms with E-state index in [1.165, 1.54) is 0 Å². The number of hydrogen-bond acceptors (Lipinski definition) is 6. The van der Waals surface area contributed by atoms with Gasteiger partial charge in [-0.1, -0.05) is 5.16 Å². The molecule has 1 saturated heterocycles. The lowest BCUT2D eigenvalue weighted by Crippen LogP contribution is -2.44. The van der Waals surface area contributed by atoms with Crippen molar-refractivity contribution in [3.63, 3.8) is 0 Å². The quantitative estimate of drug-likeness (QED) is 0.757.